The molecule has 0 saturated carbocycles. The van der Waals surface area contributed by atoms with E-state index in [-0.39, 0.29) is 45.7 Å². The molecule has 6 aromatic heterocycles. The predicted octanol–water partition coefficient (Wildman–Crippen LogP) is 7.03. The number of phenolic OH excluding ortho intramolecular Hbond substituents is 2. The molecule has 16 nitrogen and oxygen atoms in total. The molecule has 62 heavy (non-hydrogen) atoms. The highest BCUT2D eigenvalue weighted by molar-refractivity contribution is 5.82. The Labute approximate surface area is 358 Å². The lowest BCUT2D eigenvalue weighted by atomic mass is 9.78. The number of imidazole rings is 1. The van der Waals surface area contributed by atoms with Crippen molar-refractivity contribution in [1.82, 2.24) is 65.7 Å². The molecule has 0 radical (unpaired) electrons. The van der Waals surface area contributed by atoms with Gasteiger partial charge in [0.2, 0.25) is 6.20 Å². The number of nitrogens with one attached hydrogen (secondary N) is 4. The Kier molecular flexibility index (Phi) is 9.12. The van der Waals surface area contributed by atoms with Gasteiger partial charge in [-0.05, 0) is 122 Å². The van der Waals surface area contributed by atoms with Gasteiger partial charge in [-0.1, -0.05) is 12.1 Å². The number of phenols is 2. The molecule has 2 unspecified atom stereocenters. The minimum Gasteiger partial charge on any atom is -0.507 e. The number of benzene rings is 2. The van der Waals surface area contributed by atoms with Crippen molar-refractivity contribution in [2.45, 2.75) is 115 Å². The van der Waals surface area contributed by atoms with Gasteiger partial charge in [0.05, 0.1) is 53.4 Å². The minimum absolute atomic E-state index is 0.0285. The Balaban J connectivity index is 0.847. The fraction of sp³-hybridized carbons (Fsp3) is 0.391. The van der Waals surface area contributed by atoms with Gasteiger partial charge in [0.15, 0.2) is 17.8 Å². The molecular weight excluding hydrogens is 781 g/mol. The molecule has 2 fully saturated rings. The number of aromatic hydroxyl groups is 2. The van der Waals surface area contributed by atoms with Crippen molar-refractivity contribution in [3.8, 4) is 56.3 Å². The van der Waals surface area contributed by atoms with E-state index in [1.165, 1.54) is 0 Å². The molecule has 318 valence electrons. The molecule has 0 bridgehead atoms. The van der Waals surface area contributed by atoms with Crippen molar-refractivity contribution in [2.24, 2.45) is 0 Å². The van der Waals surface area contributed by atoms with Crippen LogP contribution in [0, 0.1) is 0 Å². The Morgan fingerprint density at radius 1 is 0.677 bits per heavy atom. The summed E-state index contributed by atoms with van der Waals surface area (Å²) in [7, 11) is 0. The second-order valence-corrected chi connectivity index (χ2v) is 19.7. The van der Waals surface area contributed by atoms with E-state index >= 15 is 0 Å². The van der Waals surface area contributed by atoms with Crippen LogP contribution in [0.4, 0.5) is 0 Å². The average Bonchev–Trinajstić information content (AvgIpc) is 4.03. The van der Waals surface area contributed by atoms with Crippen molar-refractivity contribution in [3.05, 3.63) is 85.8 Å². The number of rotatable bonds is 8. The molecule has 2 aliphatic rings. The summed E-state index contributed by atoms with van der Waals surface area (Å²) in [5.74, 6) is 0.242. The molecule has 0 amide bonds. The molecular formula is C46H53N14O2+. The Hall–Kier alpha value is -6.52. The van der Waals surface area contributed by atoms with Gasteiger partial charge in [0, 0.05) is 50.9 Å². The highest BCUT2D eigenvalue weighted by atomic mass is 16.3. The standard InChI is InChI=1S/C46H52N14O2/c1-43(2)17-33(18-44(3,4)56-43)60-41-29(22-51-60)12-36(52-54-41)34-11-9-28(14-40(34)62)31-23-50-58(24-31)25-46(7)19-32(16-45(5,6)57-46)59-26-47-38-15-37(53-55-42(38)59)35-10-8-27(13-39(35)61)30-20-48-49-21-30/h8-15,20-24,26,32-33,56-57H,16-19,25H2,1-7H3,(H3,48,49,52,53,61,62)/p+1. The van der Waals surface area contributed by atoms with Crippen molar-refractivity contribution in [3.63, 3.8) is 0 Å². The molecule has 10 rings (SSSR count). The number of H-pyrrole nitrogens is 2. The number of fused-ring (bicyclic) bond motifs is 2. The van der Waals surface area contributed by atoms with Crippen molar-refractivity contribution in [1.29, 1.82) is 0 Å². The lowest BCUT2D eigenvalue weighted by Crippen LogP contribution is -2.64. The number of nitrogens with zero attached hydrogens (tertiary/aromatic N) is 10. The zero-order valence-corrected chi connectivity index (χ0v) is 36.1. The van der Waals surface area contributed by atoms with E-state index in [0.29, 0.717) is 40.2 Å². The first kappa shape index (κ1) is 39.6. The first-order chi connectivity index (χ1) is 29.5. The monoisotopic (exact) mass is 833 g/mol. The number of aromatic amines is 2. The lowest BCUT2D eigenvalue weighted by Gasteiger charge is -2.46. The summed E-state index contributed by atoms with van der Waals surface area (Å²) in [6.45, 7) is 16.3. The fourth-order valence-corrected chi connectivity index (χ4v) is 10.6. The van der Waals surface area contributed by atoms with E-state index in [1.54, 1.807) is 24.5 Å². The molecule has 2 aromatic carbocycles. The highest BCUT2D eigenvalue weighted by Gasteiger charge is 2.45. The van der Waals surface area contributed by atoms with Crippen LogP contribution in [0.5, 0.6) is 11.5 Å². The fourth-order valence-electron chi connectivity index (χ4n) is 10.6. The van der Waals surface area contributed by atoms with Crippen LogP contribution in [0.25, 0.3) is 67.0 Å². The van der Waals surface area contributed by atoms with Crippen LogP contribution >= 0.6 is 0 Å². The van der Waals surface area contributed by atoms with E-state index < -0.39 is 0 Å². The second kappa shape index (κ2) is 14.3. The maximum absolute atomic E-state index is 11.3. The molecule has 8 heterocycles. The second-order valence-electron chi connectivity index (χ2n) is 19.7. The van der Waals surface area contributed by atoms with Crippen molar-refractivity contribution in [2.75, 3.05) is 0 Å². The molecule has 8 aromatic rings. The van der Waals surface area contributed by atoms with E-state index in [0.717, 1.165) is 59.0 Å². The number of hydrogen-bond acceptors (Lipinski definition) is 11. The van der Waals surface area contributed by atoms with E-state index in [4.69, 9.17) is 10.1 Å². The molecule has 6 N–H and O–H groups in total. The van der Waals surface area contributed by atoms with Gasteiger partial charge >= 0.3 is 0 Å². The first-order valence-corrected chi connectivity index (χ1v) is 21.2. The largest absolute Gasteiger partial charge is 0.507 e. The third kappa shape index (κ3) is 7.46. The van der Waals surface area contributed by atoms with E-state index in [2.05, 4.69) is 110 Å². The van der Waals surface area contributed by atoms with Gasteiger partial charge in [-0.3, -0.25) is 5.10 Å². The van der Waals surface area contributed by atoms with Crippen LogP contribution in [0.3, 0.4) is 0 Å². The summed E-state index contributed by atoms with van der Waals surface area (Å²) in [5, 5.41) is 64.3. The number of aromatic nitrogens is 12. The van der Waals surface area contributed by atoms with Gasteiger partial charge in [-0.15, -0.1) is 25.1 Å². The number of hydrogen-bond donors (Lipinski definition) is 6. The summed E-state index contributed by atoms with van der Waals surface area (Å²) >= 11 is 0. The van der Waals surface area contributed by atoms with Crippen LogP contribution in [-0.2, 0) is 6.54 Å². The predicted molar refractivity (Wildman–Crippen MR) is 236 cm³/mol. The molecule has 2 saturated heterocycles. The van der Waals surface area contributed by atoms with Crippen molar-refractivity contribution < 1.29 is 14.9 Å². The maximum Gasteiger partial charge on any atom is 0.203 e. The first-order valence-electron chi connectivity index (χ1n) is 21.2. The summed E-state index contributed by atoms with van der Waals surface area (Å²) in [4.78, 5) is 4.76. The highest BCUT2D eigenvalue weighted by Crippen LogP contribution is 2.40. The zero-order valence-electron chi connectivity index (χ0n) is 36.1. The van der Waals surface area contributed by atoms with Gasteiger partial charge in [0.25, 0.3) is 0 Å². The van der Waals surface area contributed by atoms with Crippen LogP contribution in [0.1, 0.15) is 86.2 Å². The molecule has 0 aliphatic carbocycles. The van der Waals surface area contributed by atoms with E-state index in [9.17, 15) is 10.2 Å². The summed E-state index contributed by atoms with van der Waals surface area (Å²) < 4.78 is 6.26. The minimum atomic E-state index is -0.302. The smallest absolute Gasteiger partial charge is 0.203 e. The van der Waals surface area contributed by atoms with Crippen molar-refractivity contribution >= 4 is 22.2 Å². The summed E-state index contributed by atoms with van der Waals surface area (Å²) in [5.41, 5.74) is 7.54. The van der Waals surface area contributed by atoms with Gasteiger partial charge in [-0.2, -0.15) is 15.3 Å². The topological polar surface area (TPSA) is 200 Å². The van der Waals surface area contributed by atoms with Gasteiger partial charge in [-0.25, -0.2) is 9.67 Å². The van der Waals surface area contributed by atoms with Gasteiger partial charge in [0.1, 0.15) is 17.0 Å². The quantitative estimate of drug-likeness (QED) is 0.0860. The third-order valence-electron chi connectivity index (χ3n) is 12.6. The maximum atomic E-state index is 11.3. The molecule has 2 atom stereocenters. The summed E-state index contributed by atoms with van der Waals surface area (Å²) in [6, 6.07) is 15.3. The Morgan fingerprint density at radius 2 is 1.32 bits per heavy atom. The van der Waals surface area contributed by atoms with Crippen LogP contribution < -0.4 is 15.3 Å². The van der Waals surface area contributed by atoms with Crippen LogP contribution in [0.15, 0.2) is 85.8 Å². The molecule has 16 heteroatoms. The van der Waals surface area contributed by atoms with E-state index in [1.807, 2.05) is 59.8 Å². The normalized spacial score (nSPS) is 21.2. The molecule has 0 spiro atoms. The average molecular weight is 834 g/mol. The Morgan fingerprint density at radius 3 is 2.00 bits per heavy atom. The Bertz CT molecular complexity index is 2940. The summed E-state index contributed by atoms with van der Waals surface area (Å²) in [6.07, 6.45) is 14.8. The zero-order chi connectivity index (χ0) is 43.2. The van der Waals surface area contributed by atoms with Crippen LogP contribution in [-0.4, -0.2) is 87.4 Å². The third-order valence-corrected chi connectivity index (χ3v) is 12.6. The van der Waals surface area contributed by atoms with Gasteiger partial charge < -0.3 is 25.4 Å². The number of piperidine rings is 2. The lowest BCUT2D eigenvalue weighted by molar-refractivity contribution is -0.756. The SMILES string of the molecule is CC1(C)CC(n2ncc3cc(-c4ccc(-c5c[nH][n+](CC6(C)CC(n7cnc8cc(-c9ccc(-c%10cn[nH]c%10)cc9O)nnc87)CC(C)(C)N6)c5)cc4O)nnc32)CC(C)(C)N1. The van der Waals surface area contributed by atoms with Crippen LogP contribution in [0.2, 0.25) is 0 Å². The molecule has 2 aliphatic heterocycles.